The Morgan fingerprint density at radius 2 is 2.00 bits per heavy atom. The summed E-state index contributed by atoms with van der Waals surface area (Å²) in [6.07, 6.45) is 0.0645. The molecule has 0 rings (SSSR count). The van der Waals surface area contributed by atoms with E-state index in [1.54, 1.807) is 0 Å². The maximum atomic E-state index is 10.4. The first-order chi connectivity index (χ1) is 5.67. The van der Waals surface area contributed by atoms with E-state index in [2.05, 4.69) is 9.47 Å². The predicted octanol–water partition coefficient (Wildman–Crippen LogP) is -4.72. The van der Waals surface area contributed by atoms with Crippen molar-refractivity contribution in [1.29, 1.82) is 0 Å². The standard InChI is InChI=1S/C7H12O5.Na/c1-11-7(12-2)5(3-4-8)6(9)10;/h3,7-8H,4H2,1-2H3,(H,9,10);/q;+1/p-1. The van der Waals surface area contributed by atoms with Crippen LogP contribution >= 0.6 is 0 Å². The van der Waals surface area contributed by atoms with Crippen LogP contribution in [0.5, 0.6) is 0 Å². The Balaban J connectivity index is 0. The van der Waals surface area contributed by atoms with E-state index in [0.717, 1.165) is 6.08 Å². The Morgan fingerprint density at radius 1 is 1.54 bits per heavy atom. The number of aliphatic hydroxyl groups excluding tert-OH is 1. The minimum Gasteiger partial charge on any atom is -0.545 e. The first-order valence-electron chi connectivity index (χ1n) is 3.25. The molecule has 6 heteroatoms. The maximum absolute atomic E-state index is 10.4. The molecule has 0 saturated heterocycles. The third-order valence-electron chi connectivity index (χ3n) is 1.23. The maximum Gasteiger partial charge on any atom is 1.00 e. The number of rotatable bonds is 5. The summed E-state index contributed by atoms with van der Waals surface area (Å²) in [7, 11) is 2.59. The van der Waals surface area contributed by atoms with Gasteiger partial charge in [-0.3, -0.25) is 0 Å². The molecule has 0 aliphatic rings. The Bertz CT molecular complexity index is 176. The molecule has 70 valence electrons. The van der Waals surface area contributed by atoms with Crippen molar-refractivity contribution in [2.75, 3.05) is 20.8 Å². The van der Waals surface area contributed by atoms with Crippen molar-refractivity contribution in [2.45, 2.75) is 6.29 Å². The normalized spacial score (nSPS) is 11.2. The SMILES string of the molecule is COC(OC)C(=CCO)C(=O)[O-].[Na+]. The molecular weight excluding hydrogens is 187 g/mol. The van der Waals surface area contributed by atoms with E-state index in [1.807, 2.05) is 0 Å². The third-order valence-corrected chi connectivity index (χ3v) is 1.23. The molecule has 0 aliphatic carbocycles. The van der Waals surface area contributed by atoms with Crippen LogP contribution in [0.15, 0.2) is 11.6 Å². The van der Waals surface area contributed by atoms with Gasteiger partial charge in [0.15, 0.2) is 6.29 Å². The van der Waals surface area contributed by atoms with Gasteiger partial charge in [0.05, 0.1) is 12.6 Å². The van der Waals surface area contributed by atoms with Crippen LogP contribution in [0.2, 0.25) is 0 Å². The van der Waals surface area contributed by atoms with Crippen molar-refractivity contribution in [2.24, 2.45) is 0 Å². The fourth-order valence-electron chi connectivity index (χ4n) is 0.724. The van der Waals surface area contributed by atoms with Gasteiger partial charge < -0.3 is 24.5 Å². The van der Waals surface area contributed by atoms with Gasteiger partial charge in [0.1, 0.15) is 0 Å². The van der Waals surface area contributed by atoms with Crippen molar-refractivity contribution in [1.82, 2.24) is 0 Å². The summed E-state index contributed by atoms with van der Waals surface area (Å²) in [5.41, 5.74) is -0.220. The van der Waals surface area contributed by atoms with Crippen molar-refractivity contribution >= 4 is 5.97 Å². The van der Waals surface area contributed by atoms with Crippen LogP contribution in [0, 0.1) is 0 Å². The second-order valence-corrected chi connectivity index (χ2v) is 1.93. The van der Waals surface area contributed by atoms with Gasteiger partial charge in [0, 0.05) is 19.8 Å². The summed E-state index contributed by atoms with van der Waals surface area (Å²) in [5, 5.41) is 18.8. The van der Waals surface area contributed by atoms with E-state index in [-0.39, 0.29) is 35.1 Å². The number of carboxylic acid groups (broad SMARTS) is 1. The van der Waals surface area contributed by atoms with Crippen molar-refractivity contribution in [3.8, 4) is 0 Å². The summed E-state index contributed by atoms with van der Waals surface area (Å²) < 4.78 is 9.31. The number of hydrogen-bond acceptors (Lipinski definition) is 5. The fraction of sp³-hybridized carbons (Fsp3) is 0.571. The Labute approximate surface area is 98.6 Å². The zero-order valence-electron chi connectivity index (χ0n) is 7.94. The van der Waals surface area contributed by atoms with E-state index in [0.29, 0.717) is 0 Å². The average Bonchev–Trinajstić information content (AvgIpc) is 2.05. The number of carboxylic acids is 1. The van der Waals surface area contributed by atoms with Crippen LogP contribution in [-0.2, 0) is 14.3 Å². The van der Waals surface area contributed by atoms with Gasteiger partial charge in [-0.25, -0.2) is 0 Å². The average molecular weight is 198 g/mol. The molecule has 0 heterocycles. The zero-order chi connectivity index (χ0) is 9.56. The number of carbonyl (C=O) groups is 1. The molecule has 0 saturated carbocycles. The van der Waals surface area contributed by atoms with Crippen LogP contribution in [0.1, 0.15) is 0 Å². The third kappa shape index (κ3) is 5.41. The van der Waals surface area contributed by atoms with Crippen LogP contribution in [0.3, 0.4) is 0 Å². The molecule has 0 amide bonds. The van der Waals surface area contributed by atoms with E-state index >= 15 is 0 Å². The molecule has 5 nitrogen and oxygen atoms in total. The molecule has 0 atom stereocenters. The second kappa shape index (κ2) is 8.68. The number of hydrogen-bond donors (Lipinski definition) is 1. The minimum atomic E-state index is -1.42. The Morgan fingerprint density at radius 3 is 2.23 bits per heavy atom. The molecule has 1 N–H and O–H groups in total. The molecule has 0 aromatic carbocycles. The van der Waals surface area contributed by atoms with Gasteiger partial charge in [-0.1, -0.05) is 0 Å². The molecule has 0 unspecified atom stereocenters. The largest absolute Gasteiger partial charge is 1.00 e. The fourth-order valence-corrected chi connectivity index (χ4v) is 0.724. The first kappa shape index (κ1) is 15.6. The Kier molecular flexibility index (Phi) is 10.4. The summed E-state index contributed by atoms with van der Waals surface area (Å²) in [4.78, 5) is 10.4. The monoisotopic (exact) mass is 198 g/mol. The smallest absolute Gasteiger partial charge is 0.545 e. The first-order valence-corrected chi connectivity index (χ1v) is 3.25. The molecule has 0 radical (unpaired) electrons. The predicted molar refractivity (Wildman–Crippen MR) is 38.0 cm³/mol. The molecule has 0 spiro atoms. The molecular formula is C7H11NaO5. The molecule has 13 heavy (non-hydrogen) atoms. The quantitative estimate of drug-likeness (QED) is 0.273. The van der Waals surface area contributed by atoms with Gasteiger partial charge in [-0.05, 0) is 6.08 Å². The van der Waals surface area contributed by atoms with Crippen molar-refractivity contribution < 1.29 is 54.0 Å². The van der Waals surface area contributed by atoms with E-state index < -0.39 is 18.9 Å². The van der Waals surface area contributed by atoms with Gasteiger partial charge in [0.25, 0.3) is 0 Å². The van der Waals surface area contributed by atoms with Crippen molar-refractivity contribution in [3.63, 3.8) is 0 Å². The number of aliphatic hydroxyl groups is 1. The van der Waals surface area contributed by atoms with Crippen LogP contribution in [0.25, 0.3) is 0 Å². The molecule has 0 aromatic rings. The van der Waals surface area contributed by atoms with E-state index in [9.17, 15) is 9.90 Å². The number of aliphatic carboxylic acids is 1. The molecule has 0 aliphatic heterocycles. The van der Waals surface area contributed by atoms with Crippen LogP contribution < -0.4 is 34.7 Å². The second-order valence-electron chi connectivity index (χ2n) is 1.93. The minimum absolute atomic E-state index is 0. The van der Waals surface area contributed by atoms with Gasteiger partial charge in [0.2, 0.25) is 0 Å². The van der Waals surface area contributed by atoms with E-state index in [1.165, 1.54) is 14.2 Å². The van der Waals surface area contributed by atoms with Gasteiger partial charge in [-0.2, -0.15) is 0 Å². The van der Waals surface area contributed by atoms with Crippen molar-refractivity contribution in [3.05, 3.63) is 11.6 Å². The topological polar surface area (TPSA) is 78.8 Å². The number of ether oxygens (including phenoxy) is 2. The summed E-state index contributed by atoms with van der Waals surface area (Å²) in [6.45, 7) is -0.396. The summed E-state index contributed by atoms with van der Waals surface area (Å²) in [5.74, 6) is -1.42. The molecule has 0 fully saturated rings. The number of methoxy groups -OCH3 is 2. The van der Waals surface area contributed by atoms with E-state index in [4.69, 9.17) is 5.11 Å². The Hall–Kier alpha value is 0.0900. The van der Waals surface area contributed by atoms with Gasteiger partial charge in [-0.15, -0.1) is 0 Å². The number of carbonyl (C=O) groups excluding carboxylic acids is 1. The van der Waals surface area contributed by atoms with Crippen LogP contribution in [0.4, 0.5) is 0 Å². The summed E-state index contributed by atoms with van der Waals surface area (Å²) in [6, 6.07) is 0. The molecule has 0 bridgehead atoms. The zero-order valence-corrected chi connectivity index (χ0v) is 9.94. The van der Waals surface area contributed by atoms with Crippen LogP contribution in [-0.4, -0.2) is 38.2 Å². The molecule has 0 aromatic heterocycles. The van der Waals surface area contributed by atoms with Gasteiger partial charge >= 0.3 is 29.6 Å². The summed E-state index contributed by atoms with van der Waals surface area (Å²) >= 11 is 0.